The van der Waals surface area contributed by atoms with Gasteiger partial charge < -0.3 is 19.9 Å². The minimum absolute atomic E-state index is 0.155. The van der Waals surface area contributed by atoms with Gasteiger partial charge in [0.25, 0.3) is 0 Å². The number of amides is 1. The molecule has 0 aromatic rings. The summed E-state index contributed by atoms with van der Waals surface area (Å²) in [7, 11) is 1.54. The minimum Gasteiger partial charge on any atom is -0.388 e. The molecule has 0 saturated carbocycles. The van der Waals surface area contributed by atoms with Gasteiger partial charge in [0.1, 0.15) is 6.10 Å². The van der Waals surface area contributed by atoms with Crippen molar-refractivity contribution >= 4 is 5.91 Å². The highest BCUT2D eigenvalue weighted by molar-refractivity contribution is 5.73. The number of rotatable bonds is 2. The zero-order chi connectivity index (χ0) is 10.7. The summed E-state index contributed by atoms with van der Waals surface area (Å²) in [5.74, 6) is -0.155. The van der Waals surface area contributed by atoms with Crippen molar-refractivity contribution in [2.45, 2.75) is 44.8 Å². The molecule has 1 aliphatic rings. The van der Waals surface area contributed by atoms with Gasteiger partial charge in [-0.3, -0.25) is 4.79 Å². The van der Waals surface area contributed by atoms with Crippen LogP contribution in [0.1, 0.15) is 20.3 Å². The van der Waals surface area contributed by atoms with Gasteiger partial charge in [0.05, 0.1) is 12.1 Å². The second kappa shape index (κ2) is 4.72. The van der Waals surface area contributed by atoms with Gasteiger partial charge in [-0.1, -0.05) is 0 Å². The molecule has 0 spiro atoms. The van der Waals surface area contributed by atoms with Crippen LogP contribution in [0.5, 0.6) is 0 Å². The molecule has 14 heavy (non-hydrogen) atoms. The van der Waals surface area contributed by atoms with E-state index in [1.807, 2.05) is 0 Å². The first-order valence-corrected chi connectivity index (χ1v) is 4.68. The lowest BCUT2D eigenvalue weighted by molar-refractivity contribution is -0.214. The number of aliphatic hydroxyl groups excluding tert-OH is 1. The quantitative estimate of drug-likeness (QED) is 0.642. The van der Waals surface area contributed by atoms with Gasteiger partial charge in [-0.15, -0.1) is 0 Å². The lowest BCUT2D eigenvalue weighted by Gasteiger charge is -2.37. The van der Waals surface area contributed by atoms with E-state index in [1.54, 1.807) is 14.0 Å². The van der Waals surface area contributed by atoms with E-state index in [0.29, 0.717) is 6.42 Å². The first-order chi connectivity index (χ1) is 6.54. The fourth-order valence-electron chi connectivity index (χ4n) is 1.61. The van der Waals surface area contributed by atoms with Crippen molar-refractivity contribution in [2.24, 2.45) is 0 Å². The number of carbonyl (C=O) groups excluding carboxylic acids is 1. The smallest absolute Gasteiger partial charge is 0.217 e. The molecule has 0 aromatic heterocycles. The minimum atomic E-state index is -0.676. The Morgan fingerprint density at radius 2 is 2.29 bits per heavy atom. The molecule has 0 bridgehead atoms. The van der Waals surface area contributed by atoms with Crippen molar-refractivity contribution in [3.63, 3.8) is 0 Å². The second-order valence-electron chi connectivity index (χ2n) is 3.54. The molecule has 5 heteroatoms. The fourth-order valence-corrected chi connectivity index (χ4v) is 1.61. The number of nitrogens with one attached hydrogen (secondary N) is 1. The maximum Gasteiger partial charge on any atom is 0.217 e. The summed E-state index contributed by atoms with van der Waals surface area (Å²) in [5, 5.41) is 12.4. The molecular formula is C9H17NO4. The zero-order valence-electron chi connectivity index (χ0n) is 8.69. The van der Waals surface area contributed by atoms with Crippen molar-refractivity contribution in [3.8, 4) is 0 Å². The molecule has 0 unspecified atom stereocenters. The predicted molar refractivity (Wildman–Crippen MR) is 49.6 cm³/mol. The third-order valence-electron chi connectivity index (χ3n) is 2.36. The lowest BCUT2D eigenvalue weighted by Crippen LogP contribution is -2.54. The largest absolute Gasteiger partial charge is 0.388 e. The van der Waals surface area contributed by atoms with Crippen molar-refractivity contribution in [1.82, 2.24) is 5.32 Å². The van der Waals surface area contributed by atoms with Crippen LogP contribution >= 0.6 is 0 Å². The third-order valence-corrected chi connectivity index (χ3v) is 2.36. The third kappa shape index (κ3) is 2.67. The van der Waals surface area contributed by atoms with E-state index in [1.165, 1.54) is 6.92 Å². The van der Waals surface area contributed by atoms with Gasteiger partial charge in [-0.05, 0) is 6.92 Å². The van der Waals surface area contributed by atoms with E-state index in [9.17, 15) is 9.90 Å². The molecule has 4 atom stereocenters. The number of ether oxygens (including phenoxy) is 2. The van der Waals surface area contributed by atoms with Crippen LogP contribution in [0, 0.1) is 0 Å². The zero-order valence-corrected chi connectivity index (χ0v) is 8.69. The number of methoxy groups -OCH3 is 1. The summed E-state index contributed by atoms with van der Waals surface area (Å²) >= 11 is 0. The van der Waals surface area contributed by atoms with Crippen LogP contribution in [0.3, 0.4) is 0 Å². The summed E-state index contributed by atoms with van der Waals surface area (Å²) in [4.78, 5) is 10.9. The number of hydrogen-bond donors (Lipinski definition) is 2. The van der Waals surface area contributed by atoms with E-state index < -0.39 is 6.10 Å². The highest BCUT2D eigenvalue weighted by Gasteiger charge is 2.35. The Kier molecular flexibility index (Phi) is 3.86. The standard InChI is InChI=1S/C9H17NO4/c1-5-9(12)7(10-6(2)11)4-8(13-3)14-5/h5,7-9,12H,4H2,1-3H3,(H,10,11)/t5-,7-,8+,9-/m0/s1. The lowest BCUT2D eigenvalue weighted by atomic mass is 9.99. The number of hydrogen-bond acceptors (Lipinski definition) is 4. The van der Waals surface area contributed by atoms with Crippen LogP contribution in [0.4, 0.5) is 0 Å². The van der Waals surface area contributed by atoms with E-state index >= 15 is 0 Å². The Morgan fingerprint density at radius 3 is 2.79 bits per heavy atom. The maximum atomic E-state index is 10.9. The van der Waals surface area contributed by atoms with Gasteiger partial charge >= 0.3 is 0 Å². The number of carbonyl (C=O) groups is 1. The van der Waals surface area contributed by atoms with E-state index in [4.69, 9.17) is 9.47 Å². The van der Waals surface area contributed by atoms with Crippen LogP contribution in [0.2, 0.25) is 0 Å². The summed E-state index contributed by atoms with van der Waals surface area (Å²) in [5.41, 5.74) is 0. The van der Waals surface area contributed by atoms with Gasteiger partial charge in [0.2, 0.25) is 5.91 Å². The molecule has 0 radical (unpaired) electrons. The molecule has 1 heterocycles. The van der Waals surface area contributed by atoms with Crippen LogP contribution < -0.4 is 5.32 Å². The van der Waals surface area contributed by atoms with E-state index in [-0.39, 0.29) is 24.3 Å². The summed E-state index contributed by atoms with van der Waals surface area (Å²) in [6, 6.07) is -0.291. The SMILES string of the molecule is CO[C@H]1C[C@H](NC(C)=O)[C@@H](O)[C@H](C)O1. The predicted octanol–water partition coefficient (Wildman–Crippen LogP) is -0.367. The van der Waals surface area contributed by atoms with Crippen molar-refractivity contribution in [3.05, 3.63) is 0 Å². The summed E-state index contributed by atoms with van der Waals surface area (Å²) in [6.45, 7) is 3.18. The van der Waals surface area contributed by atoms with Crippen molar-refractivity contribution in [2.75, 3.05) is 7.11 Å². The van der Waals surface area contributed by atoms with Gasteiger partial charge in [0.15, 0.2) is 6.29 Å². The van der Waals surface area contributed by atoms with Crippen LogP contribution in [0.15, 0.2) is 0 Å². The average molecular weight is 203 g/mol. The molecule has 5 nitrogen and oxygen atoms in total. The Balaban J connectivity index is 2.57. The second-order valence-corrected chi connectivity index (χ2v) is 3.54. The highest BCUT2D eigenvalue weighted by Crippen LogP contribution is 2.20. The summed E-state index contributed by atoms with van der Waals surface area (Å²) < 4.78 is 10.4. The Labute approximate surface area is 83.4 Å². The Morgan fingerprint density at radius 1 is 1.64 bits per heavy atom. The average Bonchev–Trinajstić information content (AvgIpc) is 2.11. The van der Waals surface area contributed by atoms with Gasteiger partial charge in [-0.2, -0.15) is 0 Å². The molecule has 1 fully saturated rings. The molecule has 1 amide bonds. The normalized spacial score (nSPS) is 38.0. The first kappa shape index (κ1) is 11.4. The van der Waals surface area contributed by atoms with Crippen LogP contribution in [0.25, 0.3) is 0 Å². The maximum absolute atomic E-state index is 10.9. The van der Waals surface area contributed by atoms with E-state index in [0.717, 1.165) is 0 Å². The summed E-state index contributed by atoms with van der Waals surface area (Å²) in [6.07, 6.45) is -0.886. The molecule has 1 aliphatic heterocycles. The highest BCUT2D eigenvalue weighted by atomic mass is 16.7. The first-order valence-electron chi connectivity index (χ1n) is 4.68. The van der Waals surface area contributed by atoms with Crippen LogP contribution in [-0.2, 0) is 14.3 Å². The molecule has 2 N–H and O–H groups in total. The molecular weight excluding hydrogens is 186 g/mol. The Hall–Kier alpha value is -0.650. The van der Waals surface area contributed by atoms with Gasteiger partial charge in [-0.25, -0.2) is 0 Å². The molecule has 0 aromatic carbocycles. The fraction of sp³-hybridized carbons (Fsp3) is 0.889. The topological polar surface area (TPSA) is 67.8 Å². The monoisotopic (exact) mass is 203 g/mol. The van der Waals surface area contributed by atoms with Crippen molar-refractivity contribution < 1.29 is 19.4 Å². The van der Waals surface area contributed by atoms with E-state index in [2.05, 4.69) is 5.32 Å². The van der Waals surface area contributed by atoms with Gasteiger partial charge in [0, 0.05) is 20.5 Å². The van der Waals surface area contributed by atoms with Crippen LogP contribution in [-0.4, -0.2) is 42.7 Å². The molecule has 1 rings (SSSR count). The molecule has 82 valence electrons. The molecule has 0 aliphatic carbocycles. The Bertz CT molecular complexity index is 209. The van der Waals surface area contributed by atoms with Crippen molar-refractivity contribution in [1.29, 1.82) is 0 Å². The molecule has 1 saturated heterocycles. The number of aliphatic hydroxyl groups is 1.